The molecule has 8 nitrogen and oxygen atoms in total. The Balaban J connectivity index is 1.15. The minimum Gasteiger partial charge on any atom is -0.360 e. The first-order valence-corrected chi connectivity index (χ1v) is 12.3. The topological polar surface area (TPSA) is 99.2 Å². The maximum absolute atomic E-state index is 13.1. The molecule has 2 heterocycles. The second-order valence-electron chi connectivity index (χ2n) is 9.88. The Labute approximate surface area is 214 Å². The van der Waals surface area contributed by atoms with E-state index in [-0.39, 0.29) is 42.2 Å². The molecule has 0 atom stereocenters. The molecule has 0 radical (unpaired) electrons. The van der Waals surface area contributed by atoms with Gasteiger partial charge in [0.15, 0.2) is 0 Å². The van der Waals surface area contributed by atoms with Gasteiger partial charge in [-0.1, -0.05) is 0 Å². The molecule has 1 saturated heterocycles. The van der Waals surface area contributed by atoms with Crippen LogP contribution in [-0.4, -0.2) is 71.6 Å². The molecular weight excluding hydrogens is 518 g/mol. The standard InChI is InChI=1S/C24H28F6N6O2/c25-23(26,27)16-5-6-19-18(7-16)21(34-13-33-19)31-9-20(37)35-17-11-36(12-17)10-15-3-1-14(2-4-15)8-32-22(38)24(28,29)30/h5-7,13-15,17H,1-4,8-12H2,(H,32,38)(H,35,37)(H,31,33,34). The van der Waals surface area contributed by atoms with Crippen molar-refractivity contribution in [2.24, 2.45) is 11.8 Å². The van der Waals surface area contributed by atoms with Crippen molar-refractivity contribution < 1.29 is 35.9 Å². The molecule has 208 valence electrons. The first-order valence-electron chi connectivity index (χ1n) is 12.3. The zero-order valence-corrected chi connectivity index (χ0v) is 20.3. The fourth-order valence-electron chi connectivity index (χ4n) is 4.95. The van der Waals surface area contributed by atoms with Crippen molar-refractivity contribution in [2.75, 3.05) is 38.0 Å². The van der Waals surface area contributed by atoms with E-state index in [0.717, 1.165) is 44.4 Å². The van der Waals surface area contributed by atoms with Crippen molar-refractivity contribution in [3.63, 3.8) is 0 Å². The van der Waals surface area contributed by atoms with E-state index in [1.54, 1.807) is 0 Å². The maximum Gasteiger partial charge on any atom is 0.471 e. The van der Waals surface area contributed by atoms with E-state index in [9.17, 15) is 35.9 Å². The van der Waals surface area contributed by atoms with E-state index in [1.807, 2.05) is 5.32 Å². The van der Waals surface area contributed by atoms with Crippen molar-refractivity contribution in [1.82, 2.24) is 25.5 Å². The molecule has 2 aromatic rings. The van der Waals surface area contributed by atoms with Crippen LogP contribution in [0.25, 0.3) is 10.9 Å². The van der Waals surface area contributed by atoms with Crippen molar-refractivity contribution in [2.45, 2.75) is 44.1 Å². The zero-order valence-electron chi connectivity index (χ0n) is 20.3. The highest BCUT2D eigenvalue weighted by Gasteiger charge is 2.39. The summed E-state index contributed by atoms with van der Waals surface area (Å²) in [7, 11) is 0. The predicted octanol–water partition coefficient (Wildman–Crippen LogP) is 3.35. The smallest absolute Gasteiger partial charge is 0.360 e. The third-order valence-electron chi connectivity index (χ3n) is 6.99. The number of anilines is 1. The molecule has 0 unspecified atom stereocenters. The van der Waals surface area contributed by atoms with E-state index in [1.165, 1.54) is 12.4 Å². The highest BCUT2D eigenvalue weighted by Crippen LogP contribution is 2.33. The fraction of sp³-hybridized carbons (Fsp3) is 0.583. The van der Waals surface area contributed by atoms with Gasteiger partial charge in [0.1, 0.15) is 12.1 Å². The molecule has 2 amide bonds. The highest BCUT2D eigenvalue weighted by molar-refractivity contribution is 5.91. The molecule has 0 spiro atoms. The van der Waals surface area contributed by atoms with Crippen LogP contribution in [0.15, 0.2) is 24.5 Å². The number of carbonyl (C=O) groups excluding carboxylic acids is 2. The van der Waals surface area contributed by atoms with Gasteiger partial charge in [0.25, 0.3) is 0 Å². The molecule has 1 aliphatic carbocycles. The molecule has 2 fully saturated rings. The average Bonchev–Trinajstić information content (AvgIpc) is 2.84. The largest absolute Gasteiger partial charge is 0.471 e. The lowest BCUT2D eigenvalue weighted by Gasteiger charge is -2.42. The van der Waals surface area contributed by atoms with Crippen molar-refractivity contribution >= 4 is 28.5 Å². The number of likely N-dealkylation sites (tertiary alicyclic amines) is 1. The van der Waals surface area contributed by atoms with E-state index < -0.39 is 23.8 Å². The number of hydrogen-bond acceptors (Lipinski definition) is 6. The Morgan fingerprint density at radius 1 is 0.974 bits per heavy atom. The molecule has 4 rings (SSSR count). The molecule has 1 saturated carbocycles. The van der Waals surface area contributed by atoms with E-state index in [2.05, 4.69) is 25.5 Å². The Hall–Kier alpha value is -3.16. The van der Waals surface area contributed by atoms with Crippen molar-refractivity contribution in [3.8, 4) is 0 Å². The van der Waals surface area contributed by atoms with Gasteiger partial charge in [0.2, 0.25) is 5.91 Å². The summed E-state index contributed by atoms with van der Waals surface area (Å²) in [5.41, 5.74) is -0.505. The number of rotatable bonds is 8. The molecule has 0 bridgehead atoms. The van der Waals surface area contributed by atoms with Gasteiger partial charge in [-0.3, -0.25) is 14.5 Å². The Kier molecular flexibility index (Phi) is 8.28. The van der Waals surface area contributed by atoms with Crippen LogP contribution in [-0.2, 0) is 15.8 Å². The van der Waals surface area contributed by atoms with Gasteiger partial charge in [-0.05, 0) is 55.7 Å². The summed E-state index contributed by atoms with van der Waals surface area (Å²) in [6.07, 6.45) is -4.91. The lowest BCUT2D eigenvalue weighted by Crippen LogP contribution is -2.60. The Morgan fingerprint density at radius 3 is 2.32 bits per heavy atom. The summed E-state index contributed by atoms with van der Waals surface area (Å²) >= 11 is 0. The lowest BCUT2D eigenvalue weighted by molar-refractivity contribution is -0.173. The summed E-state index contributed by atoms with van der Waals surface area (Å²) in [4.78, 5) is 33.5. The quantitative estimate of drug-likeness (QED) is 0.440. The molecule has 3 N–H and O–H groups in total. The van der Waals surface area contributed by atoms with E-state index in [4.69, 9.17) is 0 Å². The minimum absolute atomic E-state index is 0.0330. The number of aromatic nitrogens is 2. The summed E-state index contributed by atoms with van der Waals surface area (Å²) < 4.78 is 76.1. The SMILES string of the molecule is O=C(CNc1ncnc2ccc(C(F)(F)F)cc12)NC1CN(CC2CCC(CNC(=O)C(F)(F)F)CC2)C1. The number of nitrogens with one attached hydrogen (secondary N) is 3. The van der Waals surface area contributed by atoms with Crippen LogP contribution < -0.4 is 16.0 Å². The van der Waals surface area contributed by atoms with Gasteiger partial charge in [-0.15, -0.1) is 0 Å². The number of nitrogens with zero attached hydrogens (tertiary/aromatic N) is 3. The van der Waals surface area contributed by atoms with Crippen LogP contribution in [0.1, 0.15) is 31.2 Å². The van der Waals surface area contributed by atoms with E-state index in [0.29, 0.717) is 24.5 Å². The third kappa shape index (κ3) is 7.23. The fourth-order valence-corrected chi connectivity index (χ4v) is 4.95. The summed E-state index contributed by atoms with van der Waals surface area (Å²) in [6.45, 7) is 2.04. The Morgan fingerprint density at radius 2 is 1.66 bits per heavy atom. The minimum atomic E-state index is -4.86. The number of alkyl halides is 6. The van der Waals surface area contributed by atoms with Crippen molar-refractivity contribution in [1.29, 1.82) is 0 Å². The molecule has 1 aromatic carbocycles. The molecule has 38 heavy (non-hydrogen) atoms. The van der Waals surface area contributed by atoms with Crippen LogP contribution >= 0.6 is 0 Å². The monoisotopic (exact) mass is 546 g/mol. The maximum atomic E-state index is 13.1. The number of amides is 2. The molecule has 2 aliphatic rings. The summed E-state index contributed by atoms with van der Waals surface area (Å²) in [5, 5.41) is 7.81. The normalized spacial score (nSPS) is 21.1. The number of fused-ring (bicyclic) bond motifs is 1. The number of halogens is 6. The van der Waals surface area contributed by atoms with Gasteiger partial charge in [0.05, 0.1) is 23.7 Å². The van der Waals surface area contributed by atoms with Gasteiger partial charge < -0.3 is 16.0 Å². The molecule has 1 aliphatic heterocycles. The first-order chi connectivity index (χ1) is 17.9. The lowest BCUT2D eigenvalue weighted by atomic mass is 9.81. The zero-order chi connectivity index (χ0) is 27.5. The predicted molar refractivity (Wildman–Crippen MR) is 126 cm³/mol. The number of benzene rings is 1. The molecular formula is C24H28F6N6O2. The first kappa shape index (κ1) is 27.9. The van der Waals surface area contributed by atoms with Crippen LogP contribution in [0, 0.1) is 11.8 Å². The van der Waals surface area contributed by atoms with Crippen LogP contribution in [0.4, 0.5) is 32.2 Å². The van der Waals surface area contributed by atoms with Crippen LogP contribution in [0.3, 0.4) is 0 Å². The number of carbonyl (C=O) groups is 2. The Bertz CT molecular complexity index is 1140. The van der Waals surface area contributed by atoms with Crippen LogP contribution in [0.2, 0.25) is 0 Å². The second-order valence-corrected chi connectivity index (χ2v) is 9.88. The third-order valence-corrected chi connectivity index (χ3v) is 6.99. The summed E-state index contributed by atoms with van der Waals surface area (Å²) in [6, 6.07) is 3.10. The molecule has 1 aromatic heterocycles. The number of hydrogen-bond donors (Lipinski definition) is 3. The van der Waals surface area contributed by atoms with Crippen LogP contribution in [0.5, 0.6) is 0 Å². The second kappa shape index (κ2) is 11.3. The van der Waals surface area contributed by atoms with Gasteiger partial charge in [-0.25, -0.2) is 9.97 Å². The molecule has 14 heteroatoms. The van der Waals surface area contributed by atoms with E-state index >= 15 is 0 Å². The summed E-state index contributed by atoms with van der Waals surface area (Å²) in [5.74, 6) is -1.62. The van der Waals surface area contributed by atoms with Gasteiger partial charge in [0, 0.05) is 31.6 Å². The van der Waals surface area contributed by atoms with Gasteiger partial charge >= 0.3 is 18.3 Å². The highest BCUT2D eigenvalue weighted by atomic mass is 19.4. The van der Waals surface area contributed by atoms with Crippen molar-refractivity contribution in [3.05, 3.63) is 30.1 Å². The average molecular weight is 547 g/mol. The van der Waals surface area contributed by atoms with Gasteiger partial charge in [-0.2, -0.15) is 26.3 Å².